The maximum atomic E-state index is 12.3. The highest BCUT2D eigenvalue weighted by Crippen LogP contribution is 2.73. The Balaban J connectivity index is 1.77. The van der Waals surface area contributed by atoms with E-state index in [2.05, 4.69) is 30.3 Å². The first-order chi connectivity index (χ1) is 10.1. The number of benzene rings is 1. The smallest absolute Gasteiger partial charge is 0.223 e. The highest BCUT2D eigenvalue weighted by Gasteiger charge is 2.69. The first kappa shape index (κ1) is 13.6. The third-order valence-electron chi connectivity index (χ3n) is 6.70. The van der Waals surface area contributed by atoms with Crippen molar-refractivity contribution >= 4 is 17.5 Å². The van der Waals surface area contributed by atoms with Crippen LogP contribution in [-0.2, 0) is 10.2 Å². The second-order valence-electron chi connectivity index (χ2n) is 7.46. The molecular formula is C18H22ClNO. The van der Waals surface area contributed by atoms with Crippen LogP contribution in [0.5, 0.6) is 0 Å². The Labute approximate surface area is 131 Å². The molecule has 21 heavy (non-hydrogen) atoms. The van der Waals surface area contributed by atoms with Crippen LogP contribution in [0.1, 0.15) is 37.7 Å². The molecule has 1 aromatic rings. The summed E-state index contributed by atoms with van der Waals surface area (Å²) in [5, 5.41) is 0. The van der Waals surface area contributed by atoms with Crippen molar-refractivity contribution in [3.8, 4) is 0 Å². The third-order valence-corrected chi connectivity index (χ3v) is 6.91. The van der Waals surface area contributed by atoms with Gasteiger partial charge in [0.25, 0.3) is 0 Å². The molecule has 0 saturated heterocycles. The molecular weight excluding hydrogens is 282 g/mol. The minimum Gasteiger partial charge on any atom is -0.369 e. The molecule has 1 aromatic carbocycles. The predicted molar refractivity (Wildman–Crippen MR) is 84.0 cm³/mol. The van der Waals surface area contributed by atoms with E-state index in [1.54, 1.807) is 0 Å². The zero-order chi connectivity index (χ0) is 14.7. The standard InChI is InChI=1S/C18H22ClNO/c19-7-6-14-12-8-17(13-4-2-1-3-5-13)10-15(14)18(9-12,11-17)16(20)21/h1-5,12,14-15H,6-11H2,(H2,20,21). The van der Waals surface area contributed by atoms with E-state index in [1.165, 1.54) is 12.0 Å². The molecule has 5 atom stereocenters. The quantitative estimate of drug-likeness (QED) is 0.850. The van der Waals surface area contributed by atoms with Gasteiger partial charge in [-0.25, -0.2) is 0 Å². The molecule has 0 aromatic heterocycles. The molecule has 0 heterocycles. The number of carbonyl (C=O) groups is 1. The molecule has 5 rings (SSSR count). The summed E-state index contributed by atoms with van der Waals surface area (Å²) in [6, 6.07) is 10.8. The van der Waals surface area contributed by atoms with Gasteiger partial charge >= 0.3 is 0 Å². The van der Waals surface area contributed by atoms with Crippen LogP contribution in [0.2, 0.25) is 0 Å². The number of alkyl halides is 1. The van der Waals surface area contributed by atoms with E-state index in [9.17, 15) is 4.79 Å². The van der Waals surface area contributed by atoms with Gasteiger partial charge in [0, 0.05) is 5.88 Å². The van der Waals surface area contributed by atoms with Crippen LogP contribution in [0, 0.1) is 23.2 Å². The zero-order valence-electron chi connectivity index (χ0n) is 12.2. The van der Waals surface area contributed by atoms with Gasteiger partial charge in [-0.15, -0.1) is 11.6 Å². The van der Waals surface area contributed by atoms with E-state index in [0.717, 1.165) is 25.7 Å². The monoisotopic (exact) mass is 303 g/mol. The van der Waals surface area contributed by atoms with E-state index >= 15 is 0 Å². The summed E-state index contributed by atoms with van der Waals surface area (Å²) in [6.45, 7) is 0. The van der Waals surface area contributed by atoms with Gasteiger partial charge in [0.2, 0.25) is 5.91 Å². The number of hydrogen-bond donors (Lipinski definition) is 1. The van der Waals surface area contributed by atoms with Crippen molar-refractivity contribution in [1.82, 2.24) is 0 Å². The topological polar surface area (TPSA) is 43.1 Å². The number of amides is 1. The van der Waals surface area contributed by atoms with Gasteiger partial charge in [-0.2, -0.15) is 0 Å². The number of nitrogens with two attached hydrogens (primary N) is 1. The summed E-state index contributed by atoms with van der Waals surface area (Å²) in [7, 11) is 0. The van der Waals surface area contributed by atoms with Gasteiger partial charge in [0.15, 0.2) is 0 Å². The molecule has 4 aliphatic carbocycles. The fourth-order valence-electron chi connectivity index (χ4n) is 6.10. The highest BCUT2D eigenvalue weighted by atomic mass is 35.5. The molecule has 0 radical (unpaired) electrons. The average molecular weight is 304 g/mol. The summed E-state index contributed by atoms with van der Waals surface area (Å²) in [5.41, 5.74) is 7.22. The minimum absolute atomic E-state index is 0.0629. The fourth-order valence-corrected chi connectivity index (χ4v) is 6.35. The second-order valence-corrected chi connectivity index (χ2v) is 7.84. The van der Waals surface area contributed by atoms with Crippen molar-refractivity contribution in [2.24, 2.45) is 28.9 Å². The zero-order valence-corrected chi connectivity index (χ0v) is 13.0. The molecule has 4 saturated carbocycles. The lowest BCUT2D eigenvalue weighted by Crippen LogP contribution is -2.41. The maximum absolute atomic E-state index is 12.3. The Morgan fingerprint density at radius 3 is 2.67 bits per heavy atom. The molecule has 5 unspecified atom stereocenters. The van der Waals surface area contributed by atoms with Gasteiger partial charge in [0.1, 0.15) is 0 Å². The van der Waals surface area contributed by atoms with Crippen LogP contribution >= 0.6 is 11.6 Å². The average Bonchev–Trinajstić information content (AvgIpc) is 2.86. The van der Waals surface area contributed by atoms with Crippen molar-refractivity contribution in [2.75, 3.05) is 5.88 Å². The lowest BCUT2D eigenvalue weighted by molar-refractivity contribution is -0.129. The summed E-state index contributed by atoms with van der Waals surface area (Å²) in [5.74, 6) is 2.32. The Morgan fingerprint density at radius 2 is 2.00 bits per heavy atom. The minimum atomic E-state index is -0.254. The molecule has 3 heteroatoms. The molecule has 1 amide bonds. The van der Waals surface area contributed by atoms with Gasteiger partial charge in [0.05, 0.1) is 5.41 Å². The van der Waals surface area contributed by atoms with Gasteiger partial charge in [-0.3, -0.25) is 4.79 Å². The Bertz CT molecular complexity index is 574. The van der Waals surface area contributed by atoms with Gasteiger partial charge in [-0.05, 0) is 60.8 Å². The predicted octanol–water partition coefficient (Wildman–Crippen LogP) is 3.47. The van der Waals surface area contributed by atoms with E-state index in [0.29, 0.717) is 23.6 Å². The summed E-state index contributed by atoms with van der Waals surface area (Å²) < 4.78 is 0. The summed E-state index contributed by atoms with van der Waals surface area (Å²) >= 11 is 6.02. The molecule has 112 valence electrons. The van der Waals surface area contributed by atoms with Crippen LogP contribution in [-0.4, -0.2) is 11.8 Å². The number of hydrogen-bond acceptors (Lipinski definition) is 1. The van der Waals surface area contributed by atoms with Crippen molar-refractivity contribution in [3.05, 3.63) is 35.9 Å². The lowest BCUT2D eigenvalue weighted by atomic mass is 9.61. The molecule has 4 fully saturated rings. The largest absolute Gasteiger partial charge is 0.369 e. The van der Waals surface area contributed by atoms with Crippen molar-refractivity contribution < 1.29 is 4.79 Å². The van der Waals surface area contributed by atoms with Crippen molar-refractivity contribution in [2.45, 2.75) is 37.5 Å². The van der Waals surface area contributed by atoms with Crippen molar-refractivity contribution in [3.63, 3.8) is 0 Å². The van der Waals surface area contributed by atoms with Crippen LogP contribution in [0.15, 0.2) is 30.3 Å². The number of rotatable bonds is 4. The third kappa shape index (κ3) is 1.69. The lowest BCUT2D eigenvalue weighted by Gasteiger charge is -2.42. The number of carbonyl (C=O) groups excluding carboxylic acids is 1. The van der Waals surface area contributed by atoms with E-state index in [4.69, 9.17) is 17.3 Å². The molecule has 2 N–H and O–H groups in total. The molecule has 4 bridgehead atoms. The molecule has 4 aliphatic rings. The van der Waals surface area contributed by atoms with Crippen molar-refractivity contribution in [1.29, 1.82) is 0 Å². The molecule has 0 aliphatic heterocycles. The summed E-state index contributed by atoms with van der Waals surface area (Å²) in [6.07, 6.45) is 5.33. The van der Waals surface area contributed by atoms with Crippen LogP contribution in [0.3, 0.4) is 0 Å². The highest BCUT2D eigenvalue weighted by molar-refractivity contribution is 6.17. The van der Waals surface area contributed by atoms with E-state index < -0.39 is 0 Å². The van der Waals surface area contributed by atoms with Gasteiger partial charge < -0.3 is 5.73 Å². The van der Waals surface area contributed by atoms with E-state index in [1.807, 2.05) is 0 Å². The Kier molecular flexibility index (Phi) is 2.91. The van der Waals surface area contributed by atoms with Crippen LogP contribution in [0.4, 0.5) is 0 Å². The van der Waals surface area contributed by atoms with Crippen LogP contribution < -0.4 is 5.73 Å². The Morgan fingerprint density at radius 1 is 1.24 bits per heavy atom. The first-order valence-corrected chi connectivity index (χ1v) is 8.56. The summed E-state index contributed by atoms with van der Waals surface area (Å²) in [4.78, 5) is 12.3. The molecule has 0 spiro atoms. The molecule has 2 nitrogen and oxygen atoms in total. The number of halogens is 1. The Hall–Kier alpha value is -1.02. The first-order valence-electron chi connectivity index (χ1n) is 8.03. The van der Waals surface area contributed by atoms with E-state index in [-0.39, 0.29) is 16.7 Å². The number of primary amides is 1. The maximum Gasteiger partial charge on any atom is 0.223 e. The normalized spacial score (nSPS) is 43.4. The van der Waals surface area contributed by atoms with Crippen LogP contribution in [0.25, 0.3) is 0 Å². The fraction of sp³-hybridized carbons (Fsp3) is 0.611. The van der Waals surface area contributed by atoms with Gasteiger partial charge in [-0.1, -0.05) is 30.3 Å². The SMILES string of the molecule is NC(=O)C12CC3CC(c4ccccc4)(CC1C3CCCl)C2. The second kappa shape index (κ2) is 4.49.